The second-order valence-corrected chi connectivity index (χ2v) is 5.45. The fourth-order valence-electron chi connectivity index (χ4n) is 2.21. The van der Waals surface area contributed by atoms with Gasteiger partial charge in [0.25, 0.3) is 5.69 Å². The molecule has 0 spiro atoms. The first-order valence-electron chi connectivity index (χ1n) is 7.38. The minimum atomic E-state index is -0.593. The van der Waals surface area contributed by atoms with Crippen LogP contribution in [0.3, 0.4) is 0 Å². The van der Waals surface area contributed by atoms with Gasteiger partial charge < -0.3 is 5.32 Å². The third kappa shape index (κ3) is 4.14. The monoisotopic (exact) mass is 331 g/mol. The molecule has 24 heavy (non-hydrogen) atoms. The van der Waals surface area contributed by atoms with Crippen molar-refractivity contribution in [1.82, 2.24) is 4.90 Å². The van der Waals surface area contributed by atoms with Crippen molar-refractivity contribution in [1.29, 1.82) is 0 Å². The molecule has 0 aliphatic heterocycles. The number of para-hydroxylation sites is 2. The molecule has 0 saturated carbocycles. The summed E-state index contributed by atoms with van der Waals surface area (Å²) >= 11 is 0. The Morgan fingerprint density at radius 2 is 1.88 bits per heavy atom. The highest BCUT2D eigenvalue weighted by molar-refractivity contribution is 5.96. The van der Waals surface area contributed by atoms with Gasteiger partial charge in [-0.05, 0) is 26.1 Å². The highest BCUT2D eigenvalue weighted by atomic mass is 19.1. The molecule has 0 aliphatic rings. The second-order valence-electron chi connectivity index (χ2n) is 5.45. The lowest BCUT2D eigenvalue weighted by atomic mass is 10.1. The molecule has 0 aromatic heterocycles. The van der Waals surface area contributed by atoms with Crippen LogP contribution in [0.4, 0.5) is 15.8 Å². The summed E-state index contributed by atoms with van der Waals surface area (Å²) in [6, 6.07) is 11.7. The van der Waals surface area contributed by atoms with E-state index in [1.807, 2.05) is 0 Å². The summed E-state index contributed by atoms with van der Waals surface area (Å²) in [5.74, 6) is -0.737. The van der Waals surface area contributed by atoms with Crippen LogP contribution in [0.5, 0.6) is 0 Å². The number of carbonyl (C=O) groups excluding carboxylic acids is 1. The zero-order valence-corrected chi connectivity index (χ0v) is 13.4. The maximum atomic E-state index is 13.7. The summed E-state index contributed by atoms with van der Waals surface area (Å²) in [6.45, 7) is 1.91. The number of carbonyl (C=O) groups is 1. The molecule has 1 N–H and O–H groups in total. The van der Waals surface area contributed by atoms with Gasteiger partial charge in [-0.25, -0.2) is 4.39 Å². The molecule has 126 valence electrons. The Hall–Kier alpha value is -2.80. The van der Waals surface area contributed by atoms with Crippen LogP contribution >= 0.6 is 0 Å². The number of anilines is 1. The third-order valence-corrected chi connectivity index (χ3v) is 3.78. The summed E-state index contributed by atoms with van der Waals surface area (Å²) in [5, 5.41) is 13.5. The van der Waals surface area contributed by atoms with E-state index in [1.165, 1.54) is 24.3 Å². The summed E-state index contributed by atoms with van der Waals surface area (Å²) in [7, 11) is 1.69. The van der Waals surface area contributed by atoms with E-state index >= 15 is 0 Å². The van der Waals surface area contributed by atoms with Gasteiger partial charge in [-0.2, -0.15) is 0 Å². The van der Waals surface area contributed by atoms with Gasteiger partial charge in [0.1, 0.15) is 11.5 Å². The standard InChI is InChI=1S/C17H18FN3O3/c1-12(20(2)11-13-7-3-4-8-14(13)18)17(22)19-15-9-5-6-10-16(15)21(23)24/h3-10,12H,11H2,1-2H3,(H,19,22)/t12-/m1/s1. The summed E-state index contributed by atoms with van der Waals surface area (Å²) in [4.78, 5) is 24.4. The van der Waals surface area contributed by atoms with E-state index < -0.39 is 16.9 Å². The first kappa shape index (κ1) is 17.6. The molecule has 1 amide bonds. The number of nitrogens with zero attached hydrogens (tertiary/aromatic N) is 2. The number of hydrogen-bond acceptors (Lipinski definition) is 4. The van der Waals surface area contributed by atoms with E-state index in [1.54, 1.807) is 43.1 Å². The molecule has 1 atom stereocenters. The number of hydrogen-bond donors (Lipinski definition) is 1. The van der Waals surface area contributed by atoms with Crippen LogP contribution in [-0.2, 0) is 11.3 Å². The average Bonchev–Trinajstić information content (AvgIpc) is 2.56. The Morgan fingerprint density at radius 3 is 2.54 bits per heavy atom. The van der Waals surface area contributed by atoms with Gasteiger partial charge in [0.15, 0.2) is 0 Å². The molecule has 0 radical (unpaired) electrons. The van der Waals surface area contributed by atoms with Gasteiger partial charge in [-0.15, -0.1) is 0 Å². The molecule has 2 aromatic rings. The van der Waals surface area contributed by atoms with E-state index in [0.29, 0.717) is 5.56 Å². The van der Waals surface area contributed by atoms with Crippen molar-refractivity contribution >= 4 is 17.3 Å². The molecule has 0 fully saturated rings. The van der Waals surface area contributed by atoms with Gasteiger partial charge >= 0.3 is 0 Å². The minimum absolute atomic E-state index is 0.138. The summed E-state index contributed by atoms with van der Waals surface area (Å²) in [6.07, 6.45) is 0. The minimum Gasteiger partial charge on any atom is -0.319 e. The maximum Gasteiger partial charge on any atom is 0.292 e. The molecule has 7 heteroatoms. The molecule has 2 rings (SSSR count). The fraction of sp³-hybridized carbons (Fsp3) is 0.235. The number of halogens is 1. The quantitative estimate of drug-likeness (QED) is 0.651. The van der Waals surface area contributed by atoms with Crippen molar-refractivity contribution in [2.24, 2.45) is 0 Å². The zero-order chi connectivity index (χ0) is 17.7. The Labute approximate surface area is 139 Å². The molecule has 6 nitrogen and oxygen atoms in total. The number of rotatable bonds is 6. The number of amides is 1. The molecule has 0 unspecified atom stereocenters. The highest BCUT2D eigenvalue weighted by Crippen LogP contribution is 2.23. The van der Waals surface area contributed by atoms with Crippen LogP contribution in [0.25, 0.3) is 0 Å². The lowest BCUT2D eigenvalue weighted by Crippen LogP contribution is -2.39. The summed E-state index contributed by atoms with van der Waals surface area (Å²) in [5.41, 5.74) is 0.443. The van der Waals surface area contributed by atoms with Crippen LogP contribution in [0.2, 0.25) is 0 Å². The van der Waals surface area contributed by atoms with E-state index in [4.69, 9.17) is 0 Å². The van der Waals surface area contributed by atoms with Gasteiger partial charge in [0.05, 0.1) is 11.0 Å². The molecule has 0 saturated heterocycles. The number of likely N-dealkylation sites (N-methyl/N-ethyl adjacent to an activating group) is 1. The van der Waals surface area contributed by atoms with Gasteiger partial charge in [0, 0.05) is 18.2 Å². The number of nitrogens with one attached hydrogen (secondary N) is 1. The van der Waals surface area contributed by atoms with Crippen molar-refractivity contribution in [3.05, 3.63) is 70.0 Å². The molecule has 0 bridgehead atoms. The third-order valence-electron chi connectivity index (χ3n) is 3.78. The van der Waals surface area contributed by atoms with Crippen LogP contribution in [-0.4, -0.2) is 28.8 Å². The Bertz CT molecular complexity index is 751. The smallest absolute Gasteiger partial charge is 0.292 e. The number of nitro groups is 1. The molecule has 0 heterocycles. The first-order valence-corrected chi connectivity index (χ1v) is 7.38. The number of benzene rings is 2. The van der Waals surface area contributed by atoms with Crippen LogP contribution < -0.4 is 5.32 Å². The van der Waals surface area contributed by atoms with Crippen molar-refractivity contribution in [2.45, 2.75) is 19.5 Å². The summed E-state index contributed by atoms with van der Waals surface area (Å²) < 4.78 is 13.7. The van der Waals surface area contributed by atoms with Gasteiger partial charge in [-0.3, -0.25) is 19.8 Å². The highest BCUT2D eigenvalue weighted by Gasteiger charge is 2.22. The Kier molecular flexibility index (Phi) is 5.59. The lowest BCUT2D eigenvalue weighted by Gasteiger charge is -2.24. The van der Waals surface area contributed by atoms with Crippen molar-refractivity contribution in [3.63, 3.8) is 0 Å². The predicted octanol–water partition coefficient (Wildman–Crippen LogP) is 3.19. The SMILES string of the molecule is C[C@H](C(=O)Nc1ccccc1[N+](=O)[O-])N(C)Cc1ccccc1F. The topological polar surface area (TPSA) is 75.5 Å². The van der Waals surface area contributed by atoms with Crippen molar-refractivity contribution in [3.8, 4) is 0 Å². The largest absolute Gasteiger partial charge is 0.319 e. The first-order chi connectivity index (χ1) is 11.4. The van der Waals surface area contributed by atoms with E-state index in [0.717, 1.165) is 0 Å². The molecule has 2 aromatic carbocycles. The molecule has 0 aliphatic carbocycles. The van der Waals surface area contributed by atoms with Gasteiger partial charge in [-0.1, -0.05) is 30.3 Å². The maximum absolute atomic E-state index is 13.7. The van der Waals surface area contributed by atoms with E-state index in [9.17, 15) is 19.3 Å². The second kappa shape index (κ2) is 7.65. The zero-order valence-electron chi connectivity index (χ0n) is 13.4. The predicted molar refractivity (Wildman–Crippen MR) is 89.1 cm³/mol. The molecular weight excluding hydrogens is 313 g/mol. The Morgan fingerprint density at radius 1 is 1.25 bits per heavy atom. The Balaban J connectivity index is 2.07. The van der Waals surface area contributed by atoms with Crippen molar-refractivity contribution < 1.29 is 14.1 Å². The van der Waals surface area contributed by atoms with E-state index in [2.05, 4.69) is 5.32 Å². The van der Waals surface area contributed by atoms with Crippen LogP contribution in [0, 0.1) is 15.9 Å². The molecular formula is C17H18FN3O3. The van der Waals surface area contributed by atoms with Gasteiger partial charge in [0.2, 0.25) is 5.91 Å². The number of nitro benzene ring substituents is 1. The van der Waals surface area contributed by atoms with Crippen LogP contribution in [0.1, 0.15) is 12.5 Å². The fourth-order valence-corrected chi connectivity index (χ4v) is 2.21. The normalized spacial score (nSPS) is 12.0. The average molecular weight is 331 g/mol. The van der Waals surface area contributed by atoms with Crippen molar-refractivity contribution in [2.75, 3.05) is 12.4 Å². The van der Waals surface area contributed by atoms with Crippen LogP contribution in [0.15, 0.2) is 48.5 Å². The van der Waals surface area contributed by atoms with E-state index in [-0.39, 0.29) is 23.7 Å². The lowest BCUT2D eigenvalue weighted by molar-refractivity contribution is -0.383.